The van der Waals surface area contributed by atoms with E-state index in [2.05, 4.69) is 10.9 Å². The number of nitrogens with zero attached hydrogens (tertiary/aromatic N) is 1. The molecule has 1 heterocycles. The van der Waals surface area contributed by atoms with Crippen LogP contribution in [0.2, 0.25) is 0 Å². The molecule has 11 heavy (non-hydrogen) atoms. The first-order chi connectivity index (χ1) is 5.40. The molecule has 0 N–H and O–H groups in total. The predicted octanol–water partition coefficient (Wildman–Crippen LogP) is 2.66. The van der Waals surface area contributed by atoms with Gasteiger partial charge in [-0.05, 0) is 30.9 Å². The molecule has 0 aromatic carbocycles. The van der Waals surface area contributed by atoms with E-state index in [1.165, 1.54) is 34.6 Å². The lowest BCUT2D eigenvalue weighted by atomic mass is 10.2. The van der Waals surface area contributed by atoms with Gasteiger partial charge in [-0.25, -0.2) is 6.57 Å². The maximum absolute atomic E-state index is 6.73. The summed E-state index contributed by atoms with van der Waals surface area (Å²) >= 11 is 1.83. The molecule has 1 aromatic rings. The molecule has 0 saturated heterocycles. The molecule has 0 spiro atoms. The Morgan fingerprint density at radius 3 is 3.18 bits per heavy atom. The van der Waals surface area contributed by atoms with Crippen LogP contribution < -0.4 is 0 Å². The maximum atomic E-state index is 6.73. The first-order valence-corrected chi connectivity index (χ1v) is 4.65. The van der Waals surface area contributed by atoms with Gasteiger partial charge in [-0.15, -0.1) is 11.3 Å². The first-order valence-electron chi connectivity index (χ1n) is 3.84. The second-order valence-electron chi connectivity index (χ2n) is 2.83. The van der Waals surface area contributed by atoms with Crippen molar-refractivity contribution < 1.29 is 0 Å². The van der Waals surface area contributed by atoms with Gasteiger partial charge in [0.1, 0.15) is 0 Å². The number of thiophene rings is 1. The van der Waals surface area contributed by atoms with Crippen molar-refractivity contribution in [1.82, 2.24) is 0 Å². The van der Waals surface area contributed by atoms with Gasteiger partial charge in [0.2, 0.25) is 6.54 Å². The molecule has 0 atom stereocenters. The van der Waals surface area contributed by atoms with Crippen LogP contribution in [-0.2, 0) is 19.4 Å². The van der Waals surface area contributed by atoms with Crippen LogP contribution in [0.15, 0.2) is 6.07 Å². The summed E-state index contributed by atoms with van der Waals surface area (Å²) < 4.78 is 0. The third kappa shape index (κ3) is 1.17. The van der Waals surface area contributed by atoms with Crippen LogP contribution in [0.25, 0.3) is 4.85 Å². The summed E-state index contributed by atoms with van der Waals surface area (Å²) in [5.74, 6) is 0. The minimum Gasteiger partial charge on any atom is -0.311 e. The fourth-order valence-corrected chi connectivity index (χ4v) is 2.73. The van der Waals surface area contributed by atoms with Gasteiger partial charge in [0, 0.05) is 4.88 Å². The minimum atomic E-state index is 0.581. The minimum absolute atomic E-state index is 0.581. The summed E-state index contributed by atoms with van der Waals surface area (Å²) in [6.07, 6.45) is 3.81. The van der Waals surface area contributed by atoms with Crippen LogP contribution in [0.1, 0.15) is 21.7 Å². The van der Waals surface area contributed by atoms with E-state index in [1.54, 1.807) is 0 Å². The standard InChI is InChI=1S/C9H9NS/c1-10-6-8-5-7-3-2-4-9(7)11-8/h5H,2-4,6H2. The predicted molar refractivity (Wildman–Crippen MR) is 46.7 cm³/mol. The van der Waals surface area contributed by atoms with Gasteiger partial charge in [-0.1, -0.05) is 0 Å². The Labute approximate surface area is 70.5 Å². The number of rotatable bonds is 1. The molecule has 0 aliphatic heterocycles. The summed E-state index contributed by atoms with van der Waals surface area (Å²) in [6.45, 7) is 7.31. The molecule has 0 bridgehead atoms. The lowest BCUT2D eigenvalue weighted by Gasteiger charge is -1.83. The van der Waals surface area contributed by atoms with Gasteiger partial charge < -0.3 is 4.85 Å². The molecular formula is C9H9NS. The quantitative estimate of drug-likeness (QED) is 0.561. The van der Waals surface area contributed by atoms with Crippen molar-refractivity contribution in [1.29, 1.82) is 0 Å². The number of fused-ring (bicyclic) bond motifs is 1. The van der Waals surface area contributed by atoms with Crippen LogP contribution >= 0.6 is 11.3 Å². The van der Waals surface area contributed by atoms with E-state index in [4.69, 9.17) is 6.57 Å². The summed E-state index contributed by atoms with van der Waals surface area (Å²) in [5.41, 5.74) is 1.51. The highest BCUT2D eigenvalue weighted by molar-refractivity contribution is 7.12. The largest absolute Gasteiger partial charge is 0.311 e. The zero-order valence-electron chi connectivity index (χ0n) is 6.26. The molecule has 2 rings (SSSR count). The van der Waals surface area contributed by atoms with Crippen molar-refractivity contribution in [2.75, 3.05) is 0 Å². The second kappa shape index (κ2) is 2.67. The van der Waals surface area contributed by atoms with Crippen LogP contribution in [0, 0.1) is 6.57 Å². The molecule has 1 aromatic heterocycles. The molecule has 1 aliphatic rings. The summed E-state index contributed by atoms with van der Waals surface area (Å²) in [6, 6.07) is 2.21. The van der Waals surface area contributed by atoms with Gasteiger partial charge in [0.25, 0.3) is 0 Å². The maximum Gasteiger partial charge on any atom is 0.248 e. The Balaban J connectivity index is 2.29. The van der Waals surface area contributed by atoms with E-state index in [1.807, 2.05) is 11.3 Å². The van der Waals surface area contributed by atoms with E-state index in [0.29, 0.717) is 6.54 Å². The van der Waals surface area contributed by atoms with Crippen molar-refractivity contribution in [3.8, 4) is 0 Å². The Kier molecular flexibility index (Phi) is 1.67. The van der Waals surface area contributed by atoms with Gasteiger partial charge in [0.05, 0.1) is 4.88 Å². The number of hydrogen-bond donors (Lipinski definition) is 0. The van der Waals surface area contributed by atoms with Crippen molar-refractivity contribution in [3.05, 3.63) is 32.8 Å². The van der Waals surface area contributed by atoms with E-state index < -0.39 is 0 Å². The molecule has 0 fully saturated rings. The molecule has 1 aliphatic carbocycles. The smallest absolute Gasteiger partial charge is 0.248 e. The Morgan fingerprint density at radius 1 is 1.55 bits per heavy atom. The van der Waals surface area contributed by atoms with Crippen LogP contribution in [0.5, 0.6) is 0 Å². The molecule has 2 heteroatoms. The monoisotopic (exact) mass is 163 g/mol. The molecule has 0 radical (unpaired) electrons. The molecule has 0 amide bonds. The van der Waals surface area contributed by atoms with Crippen LogP contribution in [0.3, 0.4) is 0 Å². The van der Waals surface area contributed by atoms with Gasteiger partial charge >= 0.3 is 0 Å². The zero-order chi connectivity index (χ0) is 7.68. The summed E-state index contributed by atoms with van der Waals surface area (Å²) in [7, 11) is 0. The van der Waals surface area contributed by atoms with E-state index >= 15 is 0 Å². The molecule has 56 valence electrons. The normalized spacial score (nSPS) is 14.5. The SMILES string of the molecule is [C-]#[N+]Cc1cc2c(s1)CCC2. The molecule has 1 nitrogen and oxygen atoms in total. The number of aryl methyl sites for hydroxylation is 2. The Bertz CT molecular complexity index is 284. The highest BCUT2D eigenvalue weighted by atomic mass is 32.1. The van der Waals surface area contributed by atoms with E-state index in [-0.39, 0.29) is 0 Å². The Hall–Kier alpha value is -0.810. The van der Waals surface area contributed by atoms with Crippen molar-refractivity contribution in [2.45, 2.75) is 25.8 Å². The molecule has 0 saturated carbocycles. The lowest BCUT2D eigenvalue weighted by Crippen LogP contribution is -1.72. The van der Waals surface area contributed by atoms with Gasteiger partial charge in [0.15, 0.2) is 0 Å². The van der Waals surface area contributed by atoms with E-state index in [9.17, 15) is 0 Å². The van der Waals surface area contributed by atoms with Crippen molar-refractivity contribution in [2.24, 2.45) is 0 Å². The van der Waals surface area contributed by atoms with E-state index in [0.717, 1.165) is 0 Å². The second-order valence-corrected chi connectivity index (χ2v) is 4.05. The third-order valence-corrected chi connectivity index (χ3v) is 3.25. The zero-order valence-corrected chi connectivity index (χ0v) is 7.08. The highest BCUT2D eigenvalue weighted by Gasteiger charge is 2.15. The van der Waals surface area contributed by atoms with Crippen molar-refractivity contribution >= 4 is 11.3 Å². The average molecular weight is 163 g/mol. The first kappa shape index (κ1) is 6.87. The van der Waals surface area contributed by atoms with Crippen molar-refractivity contribution in [3.63, 3.8) is 0 Å². The molecular weight excluding hydrogens is 154 g/mol. The lowest BCUT2D eigenvalue weighted by molar-refractivity contribution is 0.914. The average Bonchev–Trinajstić information content (AvgIpc) is 2.46. The Morgan fingerprint density at radius 2 is 2.45 bits per heavy atom. The van der Waals surface area contributed by atoms with Crippen LogP contribution in [-0.4, -0.2) is 0 Å². The summed E-state index contributed by atoms with van der Waals surface area (Å²) in [5, 5.41) is 0. The fourth-order valence-electron chi connectivity index (χ4n) is 1.55. The van der Waals surface area contributed by atoms with Crippen LogP contribution in [0.4, 0.5) is 0 Å². The fraction of sp³-hybridized carbons (Fsp3) is 0.444. The topological polar surface area (TPSA) is 4.36 Å². The van der Waals surface area contributed by atoms with Gasteiger partial charge in [-0.2, -0.15) is 0 Å². The van der Waals surface area contributed by atoms with Gasteiger partial charge in [-0.3, -0.25) is 0 Å². The third-order valence-electron chi connectivity index (χ3n) is 2.03. The molecule has 0 unspecified atom stereocenters. The highest BCUT2D eigenvalue weighted by Crippen LogP contribution is 2.30. The summed E-state index contributed by atoms with van der Waals surface area (Å²) in [4.78, 5) is 6.16. The number of hydrogen-bond acceptors (Lipinski definition) is 1.